The number of aromatic nitrogens is 1. The van der Waals surface area contributed by atoms with Crippen LogP contribution in [0, 0.1) is 10.1 Å². The Morgan fingerprint density at radius 3 is 2.41 bits per heavy atom. The van der Waals surface area contributed by atoms with Crippen molar-refractivity contribution in [2.75, 3.05) is 7.11 Å². The van der Waals surface area contributed by atoms with E-state index in [1.54, 1.807) is 37.7 Å². The van der Waals surface area contributed by atoms with Crippen molar-refractivity contribution in [3.8, 4) is 11.5 Å². The Kier molecular flexibility index (Phi) is 6.99. The van der Waals surface area contributed by atoms with Crippen molar-refractivity contribution < 1.29 is 14.4 Å². The minimum Gasteiger partial charge on any atom is -0.493 e. The standard InChI is InChI=1S/C21H20ClN3O4/c1-28-20-10-17(13-24-12-15-6-8-23-9-7-15)19(22)11-21(20)29-14-16-2-4-18(5-3-16)25(26)27/h2-11,24H,12-14H2,1H3. The van der Waals surface area contributed by atoms with E-state index in [0.29, 0.717) is 29.6 Å². The Balaban J connectivity index is 1.63. The number of halogens is 1. The Labute approximate surface area is 173 Å². The number of hydrogen-bond donors (Lipinski definition) is 1. The van der Waals surface area contributed by atoms with Crippen LogP contribution < -0.4 is 14.8 Å². The third kappa shape index (κ3) is 5.66. The molecule has 7 nitrogen and oxygen atoms in total. The van der Waals surface area contributed by atoms with E-state index in [-0.39, 0.29) is 12.3 Å². The van der Waals surface area contributed by atoms with Crippen LogP contribution in [0.4, 0.5) is 5.69 Å². The predicted octanol–water partition coefficient (Wildman–Crippen LogP) is 4.52. The van der Waals surface area contributed by atoms with Gasteiger partial charge in [0, 0.05) is 48.7 Å². The van der Waals surface area contributed by atoms with Gasteiger partial charge in [0.25, 0.3) is 5.69 Å². The Morgan fingerprint density at radius 1 is 1.03 bits per heavy atom. The average molecular weight is 414 g/mol. The largest absolute Gasteiger partial charge is 0.493 e. The summed E-state index contributed by atoms with van der Waals surface area (Å²) in [5, 5.41) is 14.6. The topological polar surface area (TPSA) is 86.5 Å². The molecule has 1 N–H and O–H groups in total. The Morgan fingerprint density at radius 2 is 1.76 bits per heavy atom. The summed E-state index contributed by atoms with van der Waals surface area (Å²) in [5.74, 6) is 1.07. The smallest absolute Gasteiger partial charge is 0.269 e. The average Bonchev–Trinajstić information content (AvgIpc) is 2.74. The maximum absolute atomic E-state index is 10.7. The SMILES string of the molecule is COc1cc(CNCc2ccncc2)c(Cl)cc1OCc1ccc([N+](=O)[O-])cc1. The van der Waals surface area contributed by atoms with Crippen molar-refractivity contribution in [2.45, 2.75) is 19.7 Å². The van der Waals surface area contributed by atoms with E-state index in [9.17, 15) is 10.1 Å². The van der Waals surface area contributed by atoms with Crippen molar-refractivity contribution in [3.63, 3.8) is 0 Å². The molecule has 8 heteroatoms. The maximum Gasteiger partial charge on any atom is 0.269 e. The highest BCUT2D eigenvalue weighted by molar-refractivity contribution is 6.31. The molecule has 3 rings (SSSR count). The lowest BCUT2D eigenvalue weighted by Gasteiger charge is -2.14. The number of hydrogen-bond acceptors (Lipinski definition) is 6. The molecule has 0 spiro atoms. The molecule has 0 unspecified atom stereocenters. The monoisotopic (exact) mass is 413 g/mol. The van der Waals surface area contributed by atoms with E-state index < -0.39 is 4.92 Å². The zero-order chi connectivity index (χ0) is 20.6. The van der Waals surface area contributed by atoms with Crippen LogP contribution >= 0.6 is 11.6 Å². The molecular formula is C21H20ClN3O4. The fourth-order valence-corrected chi connectivity index (χ4v) is 2.92. The molecule has 29 heavy (non-hydrogen) atoms. The van der Waals surface area contributed by atoms with Crippen LogP contribution in [-0.4, -0.2) is 17.0 Å². The van der Waals surface area contributed by atoms with E-state index in [4.69, 9.17) is 21.1 Å². The molecular weight excluding hydrogens is 394 g/mol. The van der Waals surface area contributed by atoms with Gasteiger partial charge >= 0.3 is 0 Å². The zero-order valence-electron chi connectivity index (χ0n) is 15.8. The summed E-state index contributed by atoms with van der Waals surface area (Å²) in [4.78, 5) is 14.3. The first-order valence-electron chi connectivity index (χ1n) is 8.89. The van der Waals surface area contributed by atoms with E-state index in [1.165, 1.54) is 12.1 Å². The van der Waals surface area contributed by atoms with Crippen molar-refractivity contribution in [1.29, 1.82) is 0 Å². The molecule has 0 saturated carbocycles. The molecule has 0 bridgehead atoms. The second-order valence-electron chi connectivity index (χ2n) is 6.27. The van der Waals surface area contributed by atoms with Gasteiger partial charge in [0.15, 0.2) is 11.5 Å². The van der Waals surface area contributed by atoms with Gasteiger partial charge in [-0.2, -0.15) is 0 Å². The third-order valence-corrected chi connectivity index (χ3v) is 4.62. The number of nitro groups is 1. The molecule has 0 atom stereocenters. The number of rotatable bonds is 9. The third-order valence-electron chi connectivity index (χ3n) is 4.27. The lowest BCUT2D eigenvalue weighted by Crippen LogP contribution is -2.13. The number of nitrogens with zero attached hydrogens (tertiary/aromatic N) is 2. The van der Waals surface area contributed by atoms with Crippen molar-refractivity contribution in [2.24, 2.45) is 0 Å². The fraction of sp³-hybridized carbons (Fsp3) is 0.190. The number of nitro benzene ring substituents is 1. The van der Waals surface area contributed by atoms with Crippen LogP contribution in [0.1, 0.15) is 16.7 Å². The van der Waals surface area contributed by atoms with Gasteiger partial charge in [-0.1, -0.05) is 11.6 Å². The zero-order valence-corrected chi connectivity index (χ0v) is 16.6. The molecule has 2 aromatic carbocycles. The molecule has 0 radical (unpaired) electrons. The van der Waals surface area contributed by atoms with E-state index in [1.807, 2.05) is 18.2 Å². The highest BCUT2D eigenvalue weighted by Crippen LogP contribution is 2.34. The molecule has 0 aliphatic rings. The summed E-state index contributed by atoms with van der Waals surface area (Å²) < 4.78 is 11.3. The van der Waals surface area contributed by atoms with Crippen LogP contribution in [0.3, 0.4) is 0 Å². The number of nitrogens with one attached hydrogen (secondary N) is 1. The fourth-order valence-electron chi connectivity index (χ4n) is 2.70. The molecule has 0 saturated heterocycles. The number of methoxy groups -OCH3 is 1. The highest BCUT2D eigenvalue weighted by atomic mass is 35.5. The van der Waals surface area contributed by atoms with Gasteiger partial charge < -0.3 is 14.8 Å². The van der Waals surface area contributed by atoms with Crippen molar-refractivity contribution in [1.82, 2.24) is 10.3 Å². The maximum atomic E-state index is 10.7. The summed E-state index contributed by atoms with van der Waals surface area (Å²) in [5.41, 5.74) is 2.86. The summed E-state index contributed by atoms with van der Waals surface area (Å²) in [6.45, 7) is 1.50. The lowest BCUT2D eigenvalue weighted by molar-refractivity contribution is -0.384. The molecule has 0 aliphatic carbocycles. The van der Waals surface area contributed by atoms with E-state index in [0.717, 1.165) is 16.7 Å². The van der Waals surface area contributed by atoms with E-state index >= 15 is 0 Å². The van der Waals surface area contributed by atoms with Crippen molar-refractivity contribution >= 4 is 17.3 Å². The van der Waals surface area contributed by atoms with Crippen LogP contribution in [0.2, 0.25) is 5.02 Å². The van der Waals surface area contributed by atoms with Crippen LogP contribution in [0.5, 0.6) is 11.5 Å². The van der Waals surface area contributed by atoms with Gasteiger partial charge in [0.05, 0.1) is 12.0 Å². The number of ether oxygens (including phenoxy) is 2. The van der Waals surface area contributed by atoms with E-state index in [2.05, 4.69) is 10.3 Å². The first kappa shape index (κ1) is 20.6. The highest BCUT2D eigenvalue weighted by Gasteiger charge is 2.12. The van der Waals surface area contributed by atoms with Gasteiger partial charge in [-0.05, 0) is 47.0 Å². The summed E-state index contributed by atoms with van der Waals surface area (Å²) in [7, 11) is 1.57. The Bertz CT molecular complexity index is 966. The summed E-state index contributed by atoms with van der Waals surface area (Å²) in [6.07, 6.45) is 3.51. The first-order chi connectivity index (χ1) is 14.1. The molecule has 0 aliphatic heterocycles. The summed E-state index contributed by atoms with van der Waals surface area (Å²) in [6, 6.07) is 13.7. The molecule has 0 fully saturated rings. The second kappa shape index (κ2) is 9.86. The van der Waals surface area contributed by atoms with Gasteiger partial charge in [0.1, 0.15) is 6.61 Å². The minimum absolute atomic E-state index is 0.0398. The molecule has 1 aromatic heterocycles. The van der Waals surface area contributed by atoms with Gasteiger partial charge in [0.2, 0.25) is 0 Å². The minimum atomic E-state index is -0.436. The number of pyridine rings is 1. The summed E-state index contributed by atoms with van der Waals surface area (Å²) >= 11 is 6.42. The predicted molar refractivity (Wildman–Crippen MR) is 110 cm³/mol. The van der Waals surface area contributed by atoms with Crippen LogP contribution in [-0.2, 0) is 19.7 Å². The molecule has 0 amide bonds. The number of non-ortho nitro benzene ring substituents is 1. The van der Waals surface area contributed by atoms with Gasteiger partial charge in [-0.15, -0.1) is 0 Å². The lowest BCUT2D eigenvalue weighted by atomic mass is 10.2. The van der Waals surface area contributed by atoms with Crippen LogP contribution in [0.25, 0.3) is 0 Å². The molecule has 150 valence electrons. The van der Waals surface area contributed by atoms with Gasteiger partial charge in [-0.25, -0.2) is 0 Å². The number of benzene rings is 2. The Hall–Kier alpha value is -3.16. The first-order valence-corrected chi connectivity index (χ1v) is 9.27. The molecule has 3 aromatic rings. The quantitative estimate of drug-likeness (QED) is 0.410. The second-order valence-corrected chi connectivity index (χ2v) is 6.67. The normalized spacial score (nSPS) is 10.6. The van der Waals surface area contributed by atoms with Crippen molar-refractivity contribution in [3.05, 3.63) is 92.8 Å². The van der Waals surface area contributed by atoms with Crippen LogP contribution in [0.15, 0.2) is 60.9 Å². The van der Waals surface area contributed by atoms with Gasteiger partial charge in [-0.3, -0.25) is 15.1 Å². The molecule has 1 heterocycles.